The van der Waals surface area contributed by atoms with Crippen LogP contribution in [0.4, 0.5) is 9.52 Å². The Morgan fingerprint density at radius 2 is 1.93 bits per heavy atom. The van der Waals surface area contributed by atoms with Crippen LogP contribution in [0.15, 0.2) is 41.8 Å². The normalized spacial score (nSPS) is 10.6. The fourth-order valence-corrected chi connectivity index (χ4v) is 3.98. The van der Waals surface area contributed by atoms with Crippen molar-refractivity contribution >= 4 is 39.6 Å². The number of thiazole rings is 1. The van der Waals surface area contributed by atoms with Gasteiger partial charge in [-0.25, -0.2) is 9.37 Å². The Morgan fingerprint density at radius 3 is 2.63 bits per heavy atom. The van der Waals surface area contributed by atoms with E-state index in [1.807, 2.05) is 24.4 Å². The van der Waals surface area contributed by atoms with Gasteiger partial charge >= 0.3 is 0 Å². The molecule has 0 saturated carbocycles. The van der Waals surface area contributed by atoms with Crippen molar-refractivity contribution in [2.75, 3.05) is 11.9 Å². The molecule has 2 amide bonds. The maximum absolute atomic E-state index is 12.8. The zero-order valence-corrected chi connectivity index (χ0v) is 16.3. The Balaban J connectivity index is 1.40. The van der Waals surface area contributed by atoms with E-state index in [9.17, 15) is 14.0 Å². The molecule has 0 aliphatic carbocycles. The maximum Gasteiger partial charge on any atom is 0.251 e. The molecule has 0 spiro atoms. The number of nitrogens with one attached hydrogen (secondary N) is 2. The van der Waals surface area contributed by atoms with Crippen molar-refractivity contribution in [3.63, 3.8) is 0 Å². The monoisotopic (exact) mass is 403 g/mol. The zero-order valence-electron chi connectivity index (χ0n) is 14.6. The second kappa shape index (κ2) is 8.88. The summed E-state index contributed by atoms with van der Waals surface area (Å²) >= 11 is 3.05. The lowest BCUT2D eigenvalue weighted by molar-refractivity contribution is -0.116. The minimum absolute atomic E-state index is 0.144. The number of amides is 2. The SMILES string of the molecule is Cc1ccc(-c2csc(NC(=O)CCCNC(=O)c3ccc(F)cc3)n2)s1. The van der Waals surface area contributed by atoms with E-state index < -0.39 is 0 Å². The number of hydrogen-bond donors (Lipinski definition) is 2. The summed E-state index contributed by atoms with van der Waals surface area (Å²) in [5.74, 6) is -0.816. The Hall–Kier alpha value is -2.58. The summed E-state index contributed by atoms with van der Waals surface area (Å²) in [5.41, 5.74) is 1.25. The number of aromatic nitrogens is 1. The molecule has 0 aliphatic rings. The standard InChI is InChI=1S/C19H18FN3O2S2/c1-12-4-9-16(27-12)15-11-26-19(22-15)23-17(24)3-2-10-21-18(25)13-5-7-14(20)8-6-13/h4-9,11H,2-3,10H2,1H3,(H,21,25)(H,22,23,24). The smallest absolute Gasteiger partial charge is 0.251 e. The minimum Gasteiger partial charge on any atom is -0.352 e. The highest BCUT2D eigenvalue weighted by Gasteiger charge is 2.10. The molecule has 2 aromatic heterocycles. The van der Waals surface area contributed by atoms with Gasteiger partial charge in [0.1, 0.15) is 5.82 Å². The van der Waals surface area contributed by atoms with Crippen molar-refractivity contribution in [3.8, 4) is 10.6 Å². The Bertz CT molecular complexity index is 935. The van der Waals surface area contributed by atoms with Gasteiger partial charge in [0.05, 0.1) is 10.6 Å². The molecule has 27 heavy (non-hydrogen) atoms. The third-order valence-electron chi connectivity index (χ3n) is 3.72. The summed E-state index contributed by atoms with van der Waals surface area (Å²) in [5, 5.41) is 7.98. The summed E-state index contributed by atoms with van der Waals surface area (Å²) < 4.78 is 12.8. The van der Waals surface area contributed by atoms with Crippen LogP contribution in [0.5, 0.6) is 0 Å². The summed E-state index contributed by atoms with van der Waals surface area (Å²) in [6.07, 6.45) is 0.776. The van der Waals surface area contributed by atoms with Crippen molar-refractivity contribution in [2.45, 2.75) is 19.8 Å². The van der Waals surface area contributed by atoms with Gasteiger partial charge in [0.25, 0.3) is 5.91 Å². The Morgan fingerprint density at radius 1 is 1.15 bits per heavy atom. The van der Waals surface area contributed by atoms with Gasteiger partial charge < -0.3 is 10.6 Å². The van der Waals surface area contributed by atoms with E-state index in [0.29, 0.717) is 23.7 Å². The number of thiophene rings is 1. The molecule has 3 aromatic rings. The molecule has 0 aliphatic heterocycles. The molecule has 0 atom stereocenters. The predicted octanol–water partition coefficient (Wildman–Crippen LogP) is 4.47. The first-order valence-corrected chi connectivity index (χ1v) is 10.1. The van der Waals surface area contributed by atoms with Gasteiger partial charge in [-0.3, -0.25) is 9.59 Å². The van der Waals surface area contributed by atoms with Gasteiger partial charge in [0.15, 0.2) is 5.13 Å². The van der Waals surface area contributed by atoms with Crippen LogP contribution in [0.25, 0.3) is 10.6 Å². The molecular formula is C19H18FN3O2S2. The number of carbonyl (C=O) groups excluding carboxylic acids is 2. The average molecular weight is 404 g/mol. The topological polar surface area (TPSA) is 71.1 Å². The first-order chi connectivity index (χ1) is 13.0. The molecule has 0 radical (unpaired) electrons. The van der Waals surface area contributed by atoms with Gasteiger partial charge in [-0.2, -0.15) is 0 Å². The summed E-state index contributed by atoms with van der Waals surface area (Å²) in [6.45, 7) is 2.40. The number of halogens is 1. The number of aryl methyl sites for hydroxylation is 1. The van der Waals surface area contributed by atoms with Crippen LogP contribution in [0, 0.1) is 12.7 Å². The molecule has 0 bridgehead atoms. The van der Waals surface area contributed by atoms with Crippen molar-refractivity contribution in [2.24, 2.45) is 0 Å². The molecule has 3 rings (SSSR count). The van der Waals surface area contributed by atoms with E-state index >= 15 is 0 Å². The van der Waals surface area contributed by atoms with E-state index in [0.717, 1.165) is 10.6 Å². The molecule has 0 fully saturated rings. The second-order valence-corrected chi connectivity index (χ2v) is 8.01. The lowest BCUT2D eigenvalue weighted by Gasteiger charge is -2.05. The molecule has 1 aromatic carbocycles. The number of rotatable bonds is 7. The highest BCUT2D eigenvalue weighted by atomic mass is 32.1. The molecule has 5 nitrogen and oxygen atoms in total. The van der Waals surface area contributed by atoms with Crippen LogP contribution in [0.3, 0.4) is 0 Å². The molecule has 2 N–H and O–H groups in total. The average Bonchev–Trinajstić information content (AvgIpc) is 3.28. The van der Waals surface area contributed by atoms with Crippen molar-refractivity contribution < 1.29 is 14.0 Å². The van der Waals surface area contributed by atoms with Crippen molar-refractivity contribution in [1.29, 1.82) is 0 Å². The van der Waals surface area contributed by atoms with E-state index in [4.69, 9.17) is 0 Å². The predicted molar refractivity (Wildman–Crippen MR) is 107 cm³/mol. The Kier molecular flexibility index (Phi) is 6.31. The quantitative estimate of drug-likeness (QED) is 0.572. The zero-order chi connectivity index (χ0) is 19.2. The fraction of sp³-hybridized carbons (Fsp3) is 0.211. The van der Waals surface area contributed by atoms with E-state index in [1.165, 1.54) is 40.5 Å². The van der Waals surface area contributed by atoms with Crippen molar-refractivity contribution in [3.05, 3.63) is 58.0 Å². The van der Waals surface area contributed by atoms with Gasteiger partial charge in [0.2, 0.25) is 5.91 Å². The third-order valence-corrected chi connectivity index (χ3v) is 5.50. The first kappa shape index (κ1) is 19.2. The fourth-order valence-electron chi connectivity index (χ4n) is 2.35. The number of nitrogens with zero attached hydrogens (tertiary/aromatic N) is 1. The number of anilines is 1. The van der Waals surface area contributed by atoms with Gasteiger partial charge in [-0.1, -0.05) is 0 Å². The molecule has 2 heterocycles. The van der Waals surface area contributed by atoms with Crippen LogP contribution in [-0.2, 0) is 4.79 Å². The second-order valence-electron chi connectivity index (χ2n) is 5.86. The third kappa shape index (κ3) is 5.45. The van der Waals surface area contributed by atoms with Gasteiger partial charge in [-0.15, -0.1) is 22.7 Å². The number of carbonyl (C=O) groups is 2. The molecular weight excluding hydrogens is 385 g/mol. The van der Waals surface area contributed by atoms with E-state index in [-0.39, 0.29) is 24.1 Å². The van der Waals surface area contributed by atoms with Crippen molar-refractivity contribution in [1.82, 2.24) is 10.3 Å². The largest absolute Gasteiger partial charge is 0.352 e. The first-order valence-electron chi connectivity index (χ1n) is 8.37. The summed E-state index contributed by atoms with van der Waals surface area (Å²) in [4.78, 5) is 30.6. The maximum atomic E-state index is 12.8. The summed E-state index contributed by atoms with van der Waals surface area (Å²) in [7, 11) is 0. The van der Waals surface area contributed by atoms with Crippen LogP contribution in [-0.4, -0.2) is 23.3 Å². The van der Waals surface area contributed by atoms with Crippen LogP contribution >= 0.6 is 22.7 Å². The van der Waals surface area contributed by atoms with Gasteiger partial charge in [0, 0.05) is 28.8 Å². The summed E-state index contributed by atoms with van der Waals surface area (Å²) in [6, 6.07) is 9.38. The van der Waals surface area contributed by atoms with E-state index in [2.05, 4.69) is 15.6 Å². The molecule has 0 saturated heterocycles. The molecule has 0 unspecified atom stereocenters. The van der Waals surface area contributed by atoms with Crippen LogP contribution in [0.2, 0.25) is 0 Å². The lowest BCUT2D eigenvalue weighted by Crippen LogP contribution is -2.25. The Labute approximate surface area is 164 Å². The highest BCUT2D eigenvalue weighted by molar-refractivity contribution is 7.17. The van der Waals surface area contributed by atoms with Crippen LogP contribution in [0.1, 0.15) is 28.1 Å². The number of hydrogen-bond acceptors (Lipinski definition) is 5. The van der Waals surface area contributed by atoms with E-state index in [1.54, 1.807) is 11.3 Å². The van der Waals surface area contributed by atoms with Crippen LogP contribution < -0.4 is 10.6 Å². The van der Waals surface area contributed by atoms with Gasteiger partial charge in [-0.05, 0) is 49.7 Å². The molecule has 8 heteroatoms. The number of benzene rings is 1. The highest BCUT2D eigenvalue weighted by Crippen LogP contribution is 2.30. The minimum atomic E-state index is -0.386. The lowest BCUT2D eigenvalue weighted by atomic mass is 10.2. The molecule has 140 valence electrons.